The number of fused-ring (bicyclic) bond motifs is 1. The maximum atomic E-state index is 11.8. The Kier molecular flexibility index (Phi) is 2.12. The van der Waals surface area contributed by atoms with Crippen molar-refractivity contribution in [3.63, 3.8) is 0 Å². The maximum Gasteiger partial charge on any atom is 0.255 e. The van der Waals surface area contributed by atoms with E-state index in [0.717, 1.165) is 24.7 Å². The topological polar surface area (TPSA) is 42.2 Å². The first-order valence-corrected chi connectivity index (χ1v) is 6.07. The van der Waals surface area contributed by atoms with Gasteiger partial charge in [-0.1, -0.05) is 0 Å². The Morgan fingerprint density at radius 1 is 1.40 bits per heavy atom. The number of hydrogen-bond acceptors (Lipinski definition) is 2. The lowest BCUT2D eigenvalue weighted by Crippen LogP contribution is -2.33. The van der Waals surface area contributed by atoms with Crippen LogP contribution in [-0.2, 0) is 0 Å². The molecule has 0 radical (unpaired) electrons. The summed E-state index contributed by atoms with van der Waals surface area (Å²) in [5.41, 5.74) is 0.593. The summed E-state index contributed by atoms with van der Waals surface area (Å²) in [4.78, 5) is 11.8. The lowest BCUT2D eigenvalue weighted by Gasteiger charge is -2.13. The van der Waals surface area contributed by atoms with Gasteiger partial charge in [0.25, 0.3) is 5.91 Å². The molecule has 1 aromatic heterocycles. The van der Waals surface area contributed by atoms with Gasteiger partial charge in [0.2, 0.25) is 0 Å². The van der Waals surface area contributed by atoms with Crippen LogP contribution < -0.4 is 5.32 Å². The quantitative estimate of drug-likeness (QED) is 0.897. The zero-order valence-electron chi connectivity index (χ0n) is 8.20. The molecule has 3 rings (SSSR count). The average molecular weight is 270 g/mol. The fraction of sp³-hybridized carbons (Fsp3) is 0.545. The van der Waals surface area contributed by atoms with Crippen LogP contribution in [0.3, 0.4) is 0 Å². The monoisotopic (exact) mass is 269 g/mol. The number of furan rings is 1. The number of rotatable bonds is 2. The molecule has 1 amide bonds. The predicted molar refractivity (Wildman–Crippen MR) is 58.5 cm³/mol. The van der Waals surface area contributed by atoms with Crippen molar-refractivity contribution in [1.82, 2.24) is 5.32 Å². The van der Waals surface area contributed by atoms with Gasteiger partial charge >= 0.3 is 0 Å². The van der Waals surface area contributed by atoms with E-state index in [4.69, 9.17) is 4.42 Å². The fourth-order valence-corrected chi connectivity index (χ4v) is 2.97. The molecule has 1 heterocycles. The molecule has 0 aliphatic heterocycles. The summed E-state index contributed by atoms with van der Waals surface area (Å²) in [6, 6.07) is 2.07. The van der Waals surface area contributed by atoms with Gasteiger partial charge in [-0.15, -0.1) is 0 Å². The third-order valence-corrected chi connectivity index (χ3v) is 4.06. The second-order valence-electron chi connectivity index (χ2n) is 4.51. The highest BCUT2D eigenvalue weighted by Gasteiger charge is 2.46. The lowest BCUT2D eigenvalue weighted by molar-refractivity contribution is 0.0934. The number of amides is 1. The molecule has 3 nitrogen and oxygen atoms in total. The van der Waals surface area contributed by atoms with Crippen LogP contribution in [0.5, 0.6) is 0 Å². The van der Waals surface area contributed by atoms with Crippen molar-refractivity contribution in [3.8, 4) is 0 Å². The molecule has 2 saturated carbocycles. The minimum Gasteiger partial charge on any atom is -0.457 e. The van der Waals surface area contributed by atoms with Crippen molar-refractivity contribution < 1.29 is 9.21 Å². The van der Waals surface area contributed by atoms with E-state index in [1.54, 1.807) is 6.07 Å². The van der Waals surface area contributed by atoms with Gasteiger partial charge in [-0.3, -0.25) is 4.79 Å². The highest BCUT2D eigenvalue weighted by molar-refractivity contribution is 9.10. The van der Waals surface area contributed by atoms with Crippen molar-refractivity contribution in [2.45, 2.75) is 25.3 Å². The molecule has 0 saturated heterocycles. The normalized spacial score (nSPS) is 32.5. The van der Waals surface area contributed by atoms with Crippen molar-refractivity contribution in [3.05, 3.63) is 22.6 Å². The molecule has 4 heteroatoms. The molecule has 2 aliphatic rings. The molecule has 2 aliphatic carbocycles. The number of carbonyl (C=O) groups excluding carboxylic acids is 1. The average Bonchev–Trinajstić information content (AvgIpc) is 2.61. The molecular weight excluding hydrogens is 258 g/mol. The molecule has 0 spiro atoms. The Hall–Kier alpha value is -0.770. The zero-order chi connectivity index (χ0) is 10.4. The molecule has 80 valence electrons. The first-order chi connectivity index (χ1) is 7.24. The van der Waals surface area contributed by atoms with Crippen LogP contribution in [0.1, 0.15) is 29.6 Å². The van der Waals surface area contributed by atoms with Gasteiger partial charge in [-0.05, 0) is 53.1 Å². The van der Waals surface area contributed by atoms with Crippen LogP contribution in [0.2, 0.25) is 0 Å². The number of halogens is 1. The first kappa shape index (κ1) is 9.46. The third-order valence-electron chi connectivity index (χ3n) is 3.44. The molecule has 0 aromatic carbocycles. The molecule has 2 fully saturated rings. The van der Waals surface area contributed by atoms with E-state index >= 15 is 0 Å². The predicted octanol–water partition coefficient (Wildman–Crippen LogP) is 2.57. The third kappa shape index (κ3) is 1.71. The molecule has 15 heavy (non-hydrogen) atoms. The summed E-state index contributed by atoms with van der Waals surface area (Å²) >= 11 is 3.21. The van der Waals surface area contributed by atoms with Gasteiger partial charge in [0.1, 0.15) is 0 Å². The van der Waals surface area contributed by atoms with Crippen molar-refractivity contribution in [2.75, 3.05) is 0 Å². The van der Waals surface area contributed by atoms with Gasteiger partial charge in [-0.2, -0.15) is 0 Å². The SMILES string of the molecule is O=C(NC1CC2CC2C1)c1ccoc1Br. The number of nitrogens with one attached hydrogen (secondary N) is 1. The molecule has 2 atom stereocenters. The van der Waals surface area contributed by atoms with E-state index in [-0.39, 0.29) is 5.91 Å². The van der Waals surface area contributed by atoms with Crippen LogP contribution >= 0.6 is 15.9 Å². The summed E-state index contributed by atoms with van der Waals surface area (Å²) < 4.78 is 5.55. The second-order valence-corrected chi connectivity index (χ2v) is 5.23. The van der Waals surface area contributed by atoms with Crippen LogP contribution in [0, 0.1) is 11.8 Å². The Labute approximate surface area is 96.3 Å². The number of hydrogen-bond donors (Lipinski definition) is 1. The van der Waals surface area contributed by atoms with Crippen molar-refractivity contribution >= 4 is 21.8 Å². The second kappa shape index (κ2) is 3.37. The molecule has 1 aromatic rings. The van der Waals surface area contributed by atoms with Gasteiger partial charge in [-0.25, -0.2) is 0 Å². The van der Waals surface area contributed by atoms with Gasteiger partial charge in [0.15, 0.2) is 4.67 Å². The van der Waals surface area contributed by atoms with Crippen molar-refractivity contribution in [2.24, 2.45) is 11.8 Å². The summed E-state index contributed by atoms with van der Waals surface area (Å²) in [5, 5.41) is 3.05. The summed E-state index contributed by atoms with van der Waals surface area (Å²) in [5.74, 6) is 1.76. The fourth-order valence-electron chi connectivity index (χ4n) is 2.55. The minimum absolute atomic E-state index is 0.0260. The van der Waals surface area contributed by atoms with Gasteiger partial charge in [0, 0.05) is 6.04 Å². The Morgan fingerprint density at radius 2 is 2.13 bits per heavy atom. The molecule has 2 unspecified atom stereocenters. The van der Waals surface area contributed by atoms with Gasteiger partial charge in [0.05, 0.1) is 11.8 Å². The van der Waals surface area contributed by atoms with Crippen LogP contribution in [0.15, 0.2) is 21.4 Å². The summed E-state index contributed by atoms with van der Waals surface area (Å²) in [7, 11) is 0. The first-order valence-electron chi connectivity index (χ1n) is 5.28. The zero-order valence-corrected chi connectivity index (χ0v) is 9.79. The van der Waals surface area contributed by atoms with Crippen LogP contribution in [0.25, 0.3) is 0 Å². The van der Waals surface area contributed by atoms with E-state index in [1.165, 1.54) is 12.7 Å². The highest BCUT2D eigenvalue weighted by Crippen LogP contribution is 2.51. The van der Waals surface area contributed by atoms with Crippen LogP contribution in [0.4, 0.5) is 0 Å². The molecular formula is C11H12BrNO2. The maximum absolute atomic E-state index is 11.8. The van der Waals surface area contributed by atoms with Crippen LogP contribution in [-0.4, -0.2) is 11.9 Å². The van der Waals surface area contributed by atoms with E-state index in [9.17, 15) is 4.79 Å². The smallest absolute Gasteiger partial charge is 0.255 e. The summed E-state index contributed by atoms with van der Waals surface area (Å²) in [6.07, 6.45) is 5.21. The minimum atomic E-state index is -0.0260. The molecule has 0 bridgehead atoms. The van der Waals surface area contributed by atoms with E-state index in [2.05, 4.69) is 21.2 Å². The van der Waals surface area contributed by atoms with E-state index in [0.29, 0.717) is 16.3 Å². The van der Waals surface area contributed by atoms with E-state index in [1.807, 2.05) is 0 Å². The standard InChI is InChI=1S/C11H12BrNO2/c12-10-9(1-2-15-10)11(14)13-8-4-6-3-7(6)5-8/h1-2,6-8H,3-5H2,(H,13,14). The lowest BCUT2D eigenvalue weighted by atomic mass is 10.1. The largest absolute Gasteiger partial charge is 0.457 e. The molecule has 1 N–H and O–H groups in total. The Balaban J connectivity index is 1.64. The Morgan fingerprint density at radius 3 is 2.73 bits per heavy atom. The number of carbonyl (C=O) groups is 1. The van der Waals surface area contributed by atoms with Crippen molar-refractivity contribution in [1.29, 1.82) is 0 Å². The summed E-state index contributed by atoms with van der Waals surface area (Å²) in [6.45, 7) is 0. The van der Waals surface area contributed by atoms with E-state index < -0.39 is 0 Å². The highest BCUT2D eigenvalue weighted by atomic mass is 79.9. The van der Waals surface area contributed by atoms with Gasteiger partial charge < -0.3 is 9.73 Å². The Bertz CT molecular complexity index is 391.